The Kier molecular flexibility index (Phi) is 4.81. The van der Waals surface area contributed by atoms with E-state index in [9.17, 15) is 9.59 Å². The van der Waals surface area contributed by atoms with Gasteiger partial charge < -0.3 is 10.1 Å². The molecule has 0 bridgehead atoms. The maximum atomic E-state index is 11.7. The Balaban J connectivity index is 1.75. The van der Waals surface area contributed by atoms with E-state index in [4.69, 9.17) is 4.74 Å². The van der Waals surface area contributed by atoms with Crippen LogP contribution < -0.4 is 15.4 Å². The second kappa shape index (κ2) is 6.58. The molecule has 1 aliphatic rings. The third kappa shape index (κ3) is 4.25. The predicted molar refractivity (Wildman–Crippen MR) is 74.1 cm³/mol. The Bertz CT molecular complexity index is 455. The molecule has 19 heavy (non-hydrogen) atoms. The monoisotopic (exact) mass is 280 g/mol. The number of hydrogen-bond donors (Lipinski definition) is 2. The van der Waals surface area contributed by atoms with Crippen LogP contribution in [0.5, 0.6) is 5.75 Å². The topological polar surface area (TPSA) is 67.4 Å². The number of nitrogens with one attached hydrogen (secondary N) is 2. The normalized spacial score (nSPS) is 18.1. The molecule has 1 aromatic rings. The molecule has 2 rings (SSSR count). The quantitative estimate of drug-likeness (QED) is 0.627. The molecule has 1 unspecified atom stereocenters. The molecule has 0 spiro atoms. The van der Waals surface area contributed by atoms with Crippen LogP contribution in [0.2, 0.25) is 0 Å². The van der Waals surface area contributed by atoms with Crippen molar-refractivity contribution in [2.75, 3.05) is 18.2 Å². The molecule has 1 heterocycles. The lowest BCUT2D eigenvalue weighted by Gasteiger charge is -2.10. The van der Waals surface area contributed by atoms with Crippen LogP contribution in [-0.4, -0.2) is 36.1 Å². The van der Waals surface area contributed by atoms with Gasteiger partial charge in [0.2, 0.25) is 5.91 Å². The lowest BCUT2D eigenvalue weighted by molar-refractivity contribution is -0.135. The van der Waals surface area contributed by atoms with Crippen LogP contribution in [0, 0.1) is 6.92 Å². The zero-order chi connectivity index (χ0) is 13.7. The highest BCUT2D eigenvalue weighted by Crippen LogP contribution is 2.11. The van der Waals surface area contributed by atoms with E-state index in [-0.39, 0.29) is 18.5 Å². The van der Waals surface area contributed by atoms with Crippen molar-refractivity contribution in [2.45, 2.75) is 13.0 Å². The molecular weight excluding hydrogens is 264 g/mol. The summed E-state index contributed by atoms with van der Waals surface area (Å²) in [6.07, 6.45) is 0. The first-order valence-corrected chi connectivity index (χ1v) is 7.17. The SMILES string of the molecule is Cc1ccc(OC(=O)CNC(=O)C2CSCN2)cc1. The molecule has 0 saturated carbocycles. The van der Waals surface area contributed by atoms with Gasteiger partial charge in [-0.2, -0.15) is 0 Å². The van der Waals surface area contributed by atoms with Gasteiger partial charge in [-0.3, -0.25) is 10.1 Å². The van der Waals surface area contributed by atoms with E-state index in [0.717, 1.165) is 17.2 Å². The van der Waals surface area contributed by atoms with Gasteiger partial charge in [0.1, 0.15) is 12.3 Å². The van der Waals surface area contributed by atoms with E-state index >= 15 is 0 Å². The van der Waals surface area contributed by atoms with Crippen LogP contribution in [0.3, 0.4) is 0 Å². The summed E-state index contributed by atoms with van der Waals surface area (Å²) in [6, 6.07) is 6.97. The highest BCUT2D eigenvalue weighted by Gasteiger charge is 2.22. The minimum atomic E-state index is -0.470. The van der Waals surface area contributed by atoms with E-state index in [1.54, 1.807) is 23.9 Å². The molecule has 1 aliphatic heterocycles. The first kappa shape index (κ1) is 13.9. The second-order valence-corrected chi connectivity index (χ2v) is 5.31. The van der Waals surface area contributed by atoms with Crippen molar-refractivity contribution >= 4 is 23.6 Å². The Hall–Kier alpha value is -1.53. The minimum absolute atomic E-state index is 0.116. The molecule has 1 fully saturated rings. The average Bonchev–Trinajstić information content (AvgIpc) is 2.93. The molecule has 2 N–H and O–H groups in total. The zero-order valence-electron chi connectivity index (χ0n) is 10.6. The molecule has 1 aromatic carbocycles. The number of carbonyl (C=O) groups excluding carboxylic acids is 2. The smallest absolute Gasteiger partial charge is 0.330 e. The van der Waals surface area contributed by atoms with Crippen molar-refractivity contribution in [1.29, 1.82) is 0 Å². The average molecular weight is 280 g/mol. The van der Waals surface area contributed by atoms with Crippen LogP contribution in [0.25, 0.3) is 0 Å². The van der Waals surface area contributed by atoms with Crippen molar-refractivity contribution in [3.63, 3.8) is 0 Å². The van der Waals surface area contributed by atoms with E-state index in [0.29, 0.717) is 5.75 Å². The van der Waals surface area contributed by atoms with E-state index in [2.05, 4.69) is 10.6 Å². The molecule has 0 radical (unpaired) electrons. The van der Waals surface area contributed by atoms with Gasteiger partial charge in [-0.15, -0.1) is 11.8 Å². The molecule has 0 aliphatic carbocycles. The summed E-state index contributed by atoms with van der Waals surface area (Å²) in [7, 11) is 0. The van der Waals surface area contributed by atoms with E-state index in [1.165, 1.54) is 0 Å². The summed E-state index contributed by atoms with van der Waals surface area (Å²) in [5.41, 5.74) is 1.10. The summed E-state index contributed by atoms with van der Waals surface area (Å²) in [5.74, 6) is 1.36. The third-order valence-corrected chi connectivity index (χ3v) is 3.63. The Morgan fingerprint density at radius 3 is 2.79 bits per heavy atom. The van der Waals surface area contributed by atoms with Crippen LogP contribution in [0.15, 0.2) is 24.3 Å². The first-order chi connectivity index (χ1) is 9.15. The summed E-state index contributed by atoms with van der Waals surface area (Å²) in [6.45, 7) is 1.84. The lowest BCUT2D eigenvalue weighted by Crippen LogP contribution is -2.44. The van der Waals surface area contributed by atoms with Gasteiger partial charge in [-0.05, 0) is 19.1 Å². The van der Waals surface area contributed by atoms with Crippen molar-refractivity contribution in [2.24, 2.45) is 0 Å². The molecule has 1 amide bonds. The Morgan fingerprint density at radius 2 is 2.16 bits per heavy atom. The van der Waals surface area contributed by atoms with Crippen molar-refractivity contribution < 1.29 is 14.3 Å². The fraction of sp³-hybridized carbons (Fsp3) is 0.385. The van der Waals surface area contributed by atoms with E-state index in [1.807, 2.05) is 19.1 Å². The van der Waals surface area contributed by atoms with Crippen molar-refractivity contribution in [1.82, 2.24) is 10.6 Å². The Morgan fingerprint density at radius 1 is 1.42 bits per heavy atom. The summed E-state index contributed by atoms with van der Waals surface area (Å²) in [4.78, 5) is 23.2. The largest absolute Gasteiger partial charge is 0.425 e. The molecule has 1 atom stereocenters. The van der Waals surface area contributed by atoms with Crippen molar-refractivity contribution in [3.05, 3.63) is 29.8 Å². The summed E-state index contributed by atoms with van der Waals surface area (Å²) in [5, 5.41) is 5.60. The highest BCUT2D eigenvalue weighted by molar-refractivity contribution is 7.99. The van der Waals surface area contributed by atoms with Gasteiger partial charge in [0.15, 0.2) is 0 Å². The van der Waals surface area contributed by atoms with Gasteiger partial charge in [0.05, 0.1) is 6.04 Å². The van der Waals surface area contributed by atoms with Crippen LogP contribution >= 0.6 is 11.8 Å². The highest BCUT2D eigenvalue weighted by atomic mass is 32.2. The molecule has 6 heteroatoms. The number of amides is 1. The lowest BCUT2D eigenvalue weighted by atomic mass is 10.2. The minimum Gasteiger partial charge on any atom is -0.425 e. The van der Waals surface area contributed by atoms with Crippen LogP contribution in [0.4, 0.5) is 0 Å². The maximum absolute atomic E-state index is 11.7. The molecule has 1 saturated heterocycles. The number of hydrogen-bond acceptors (Lipinski definition) is 5. The maximum Gasteiger partial charge on any atom is 0.330 e. The van der Waals surface area contributed by atoms with Gasteiger partial charge in [0.25, 0.3) is 0 Å². The standard InChI is InChI=1S/C13H16N2O3S/c1-9-2-4-10(5-3-9)18-12(16)6-14-13(17)11-7-19-8-15-11/h2-5,11,15H,6-8H2,1H3,(H,14,17). The number of rotatable bonds is 4. The first-order valence-electron chi connectivity index (χ1n) is 6.01. The van der Waals surface area contributed by atoms with Gasteiger partial charge >= 0.3 is 5.97 Å². The second-order valence-electron chi connectivity index (χ2n) is 4.28. The number of ether oxygens (including phenoxy) is 1. The van der Waals surface area contributed by atoms with Crippen LogP contribution in [0.1, 0.15) is 5.56 Å². The van der Waals surface area contributed by atoms with E-state index < -0.39 is 5.97 Å². The number of benzene rings is 1. The van der Waals surface area contributed by atoms with Gasteiger partial charge in [-0.25, -0.2) is 4.79 Å². The van der Waals surface area contributed by atoms with Crippen molar-refractivity contribution in [3.8, 4) is 5.75 Å². The molecule has 102 valence electrons. The molecule has 5 nitrogen and oxygen atoms in total. The number of aryl methyl sites for hydroxylation is 1. The fourth-order valence-corrected chi connectivity index (χ4v) is 2.56. The number of thioether (sulfide) groups is 1. The van der Waals surface area contributed by atoms with Gasteiger partial charge in [0, 0.05) is 11.6 Å². The fourth-order valence-electron chi connectivity index (χ4n) is 1.62. The summed E-state index contributed by atoms with van der Waals surface area (Å²) < 4.78 is 5.10. The predicted octanol–water partition coefficient (Wildman–Crippen LogP) is 0.679. The molecule has 0 aromatic heterocycles. The zero-order valence-corrected chi connectivity index (χ0v) is 11.5. The Labute approximate surface area is 116 Å². The number of esters is 1. The summed E-state index contributed by atoms with van der Waals surface area (Å²) >= 11 is 1.66. The van der Waals surface area contributed by atoms with Gasteiger partial charge in [-0.1, -0.05) is 17.7 Å². The van der Waals surface area contributed by atoms with Crippen LogP contribution in [-0.2, 0) is 9.59 Å². The molecular formula is C13H16N2O3S. The third-order valence-electron chi connectivity index (χ3n) is 2.69. The number of carbonyl (C=O) groups is 2.